The maximum absolute atomic E-state index is 12.6. The predicted molar refractivity (Wildman–Crippen MR) is 95.3 cm³/mol. The van der Waals surface area contributed by atoms with Gasteiger partial charge in [0.05, 0.1) is 13.5 Å². The molecule has 25 heavy (non-hydrogen) atoms. The predicted octanol–water partition coefficient (Wildman–Crippen LogP) is 3.20. The third kappa shape index (κ3) is 4.21. The number of fused-ring (bicyclic) bond motifs is 1. The first-order chi connectivity index (χ1) is 12.1. The molecule has 1 N–H and O–H groups in total. The summed E-state index contributed by atoms with van der Waals surface area (Å²) in [6, 6.07) is 7.13. The van der Waals surface area contributed by atoms with Crippen LogP contribution in [-0.2, 0) is 9.59 Å². The van der Waals surface area contributed by atoms with Crippen molar-refractivity contribution in [1.82, 2.24) is 4.90 Å². The maximum atomic E-state index is 12.6. The molecular weight excluding hydrogens is 318 g/mol. The average molecular weight is 343 g/mol. The van der Waals surface area contributed by atoms with Crippen LogP contribution in [0.2, 0.25) is 0 Å². The summed E-state index contributed by atoms with van der Waals surface area (Å²) >= 11 is 0. The lowest BCUT2D eigenvalue weighted by molar-refractivity contribution is -0.136. The highest BCUT2D eigenvalue weighted by Crippen LogP contribution is 2.36. The summed E-state index contributed by atoms with van der Waals surface area (Å²) in [6.07, 6.45) is 6.41. The van der Waals surface area contributed by atoms with Crippen molar-refractivity contribution in [3.8, 4) is 5.75 Å². The van der Waals surface area contributed by atoms with Crippen LogP contribution >= 0.6 is 0 Å². The van der Waals surface area contributed by atoms with Crippen LogP contribution in [0.15, 0.2) is 29.8 Å². The minimum absolute atomic E-state index is 0.0548. The molecule has 1 saturated heterocycles. The Morgan fingerprint density at radius 2 is 1.76 bits per heavy atom. The lowest BCUT2D eigenvalue weighted by Gasteiger charge is -2.22. The SMILES string of the molecule is COc1ccc(C=C(CC(=O)N2CC3CCCCC3C2)C(=O)O)cc1. The highest BCUT2D eigenvalue weighted by molar-refractivity contribution is 5.98. The van der Waals surface area contributed by atoms with Gasteiger partial charge in [0.15, 0.2) is 0 Å². The van der Waals surface area contributed by atoms with E-state index in [1.54, 1.807) is 37.5 Å². The highest BCUT2D eigenvalue weighted by Gasteiger charge is 2.36. The zero-order valence-electron chi connectivity index (χ0n) is 14.6. The molecule has 1 amide bonds. The zero-order valence-corrected chi connectivity index (χ0v) is 14.6. The van der Waals surface area contributed by atoms with E-state index in [9.17, 15) is 14.7 Å². The molecule has 1 aliphatic heterocycles. The molecule has 2 unspecified atom stereocenters. The van der Waals surface area contributed by atoms with E-state index in [2.05, 4.69) is 0 Å². The number of nitrogens with zero attached hydrogens (tertiary/aromatic N) is 1. The second-order valence-electron chi connectivity index (χ2n) is 7.03. The van der Waals surface area contributed by atoms with Gasteiger partial charge in [-0.15, -0.1) is 0 Å². The number of hydrogen-bond donors (Lipinski definition) is 1. The maximum Gasteiger partial charge on any atom is 0.332 e. The van der Waals surface area contributed by atoms with Gasteiger partial charge in [0, 0.05) is 18.7 Å². The Balaban J connectivity index is 1.67. The fourth-order valence-electron chi connectivity index (χ4n) is 3.97. The zero-order chi connectivity index (χ0) is 17.8. The number of rotatable bonds is 5. The first kappa shape index (κ1) is 17.5. The number of ether oxygens (including phenoxy) is 1. The van der Waals surface area contributed by atoms with E-state index in [1.807, 2.05) is 4.90 Å². The molecule has 5 nitrogen and oxygen atoms in total. The van der Waals surface area contributed by atoms with E-state index in [1.165, 1.54) is 25.7 Å². The molecule has 0 aromatic heterocycles. The summed E-state index contributed by atoms with van der Waals surface area (Å²) in [7, 11) is 1.58. The van der Waals surface area contributed by atoms with Crippen LogP contribution in [0, 0.1) is 11.8 Å². The third-order valence-electron chi connectivity index (χ3n) is 5.40. The molecule has 134 valence electrons. The third-order valence-corrected chi connectivity index (χ3v) is 5.40. The van der Waals surface area contributed by atoms with Crippen LogP contribution in [0.3, 0.4) is 0 Å². The summed E-state index contributed by atoms with van der Waals surface area (Å²) in [6.45, 7) is 1.58. The smallest absolute Gasteiger partial charge is 0.332 e. The molecular formula is C20H25NO4. The number of carbonyl (C=O) groups is 2. The fourth-order valence-corrected chi connectivity index (χ4v) is 3.97. The molecule has 2 fully saturated rings. The molecule has 0 bridgehead atoms. The Morgan fingerprint density at radius 3 is 2.28 bits per heavy atom. The van der Waals surface area contributed by atoms with Crippen molar-refractivity contribution in [1.29, 1.82) is 0 Å². The van der Waals surface area contributed by atoms with Gasteiger partial charge in [-0.3, -0.25) is 4.79 Å². The van der Waals surface area contributed by atoms with Crippen LogP contribution in [0.4, 0.5) is 0 Å². The van der Waals surface area contributed by atoms with Gasteiger partial charge < -0.3 is 14.7 Å². The largest absolute Gasteiger partial charge is 0.497 e. The Hall–Kier alpha value is -2.30. The number of benzene rings is 1. The van der Waals surface area contributed by atoms with Crippen molar-refractivity contribution < 1.29 is 19.4 Å². The van der Waals surface area contributed by atoms with Crippen LogP contribution in [0.25, 0.3) is 6.08 Å². The van der Waals surface area contributed by atoms with Crippen molar-refractivity contribution >= 4 is 18.0 Å². The number of aliphatic carboxylic acids is 1. The number of likely N-dealkylation sites (tertiary alicyclic amines) is 1. The van der Waals surface area contributed by atoms with Gasteiger partial charge in [0.25, 0.3) is 0 Å². The molecule has 1 aromatic rings. The van der Waals surface area contributed by atoms with Crippen LogP contribution < -0.4 is 4.74 Å². The second kappa shape index (κ2) is 7.72. The van der Waals surface area contributed by atoms with Gasteiger partial charge in [-0.2, -0.15) is 0 Å². The summed E-state index contributed by atoms with van der Waals surface area (Å²) in [4.78, 5) is 26.0. The van der Waals surface area contributed by atoms with Gasteiger partial charge in [-0.05, 0) is 48.4 Å². The number of carboxylic acids is 1. The first-order valence-corrected chi connectivity index (χ1v) is 8.92. The van der Waals surface area contributed by atoms with Crippen molar-refractivity contribution in [2.75, 3.05) is 20.2 Å². The molecule has 2 atom stereocenters. The number of methoxy groups -OCH3 is 1. The highest BCUT2D eigenvalue weighted by atomic mass is 16.5. The van der Waals surface area contributed by atoms with Crippen molar-refractivity contribution in [2.45, 2.75) is 32.1 Å². The van der Waals surface area contributed by atoms with E-state index in [0.717, 1.165) is 18.7 Å². The number of amides is 1. The van der Waals surface area contributed by atoms with Crippen molar-refractivity contribution in [3.05, 3.63) is 35.4 Å². The van der Waals surface area contributed by atoms with Gasteiger partial charge in [0.1, 0.15) is 5.75 Å². The Morgan fingerprint density at radius 1 is 1.16 bits per heavy atom. The Labute approximate surface area is 148 Å². The molecule has 1 aliphatic carbocycles. The molecule has 1 heterocycles. The average Bonchev–Trinajstić information content (AvgIpc) is 3.06. The van der Waals surface area contributed by atoms with Gasteiger partial charge in [-0.1, -0.05) is 25.0 Å². The molecule has 5 heteroatoms. The number of carbonyl (C=O) groups excluding carboxylic acids is 1. The van der Waals surface area contributed by atoms with Crippen LogP contribution in [-0.4, -0.2) is 42.1 Å². The molecule has 1 saturated carbocycles. The Kier molecular flexibility index (Phi) is 5.41. The molecule has 0 spiro atoms. The fraction of sp³-hybridized carbons (Fsp3) is 0.500. The molecule has 1 aromatic carbocycles. The lowest BCUT2D eigenvalue weighted by Crippen LogP contribution is -2.29. The minimum Gasteiger partial charge on any atom is -0.497 e. The van der Waals surface area contributed by atoms with Gasteiger partial charge in [0.2, 0.25) is 5.91 Å². The molecule has 2 aliphatic rings. The molecule has 3 rings (SSSR count). The van der Waals surface area contributed by atoms with Gasteiger partial charge >= 0.3 is 5.97 Å². The quantitative estimate of drug-likeness (QED) is 0.834. The Bertz CT molecular complexity index is 651. The van der Waals surface area contributed by atoms with Crippen molar-refractivity contribution in [2.24, 2.45) is 11.8 Å². The minimum atomic E-state index is -1.04. The van der Waals surface area contributed by atoms with Crippen molar-refractivity contribution in [3.63, 3.8) is 0 Å². The number of hydrogen-bond acceptors (Lipinski definition) is 3. The van der Waals surface area contributed by atoms with E-state index < -0.39 is 5.97 Å². The van der Waals surface area contributed by atoms with Crippen LogP contribution in [0.1, 0.15) is 37.7 Å². The molecule has 0 radical (unpaired) electrons. The first-order valence-electron chi connectivity index (χ1n) is 8.92. The number of carboxylic acid groups (broad SMARTS) is 1. The normalized spacial score (nSPS) is 23.2. The standard InChI is InChI=1S/C20H25NO4/c1-25-18-8-6-14(7-9-18)10-17(20(23)24)11-19(22)21-12-15-4-2-3-5-16(15)13-21/h6-10,15-16H,2-5,11-13H2,1H3,(H,23,24). The summed E-state index contributed by atoms with van der Waals surface area (Å²) in [5.74, 6) is 0.815. The summed E-state index contributed by atoms with van der Waals surface area (Å²) in [5, 5.41) is 9.47. The summed E-state index contributed by atoms with van der Waals surface area (Å²) in [5.41, 5.74) is 0.881. The van der Waals surface area contributed by atoms with E-state index >= 15 is 0 Å². The summed E-state index contributed by atoms with van der Waals surface area (Å²) < 4.78 is 5.10. The monoisotopic (exact) mass is 343 g/mol. The second-order valence-corrected chi connectivity index (χ2v) is 7.03. The van der Waals surface area contributed by atoms with Crippen LogP contribution in [0.5, 0.6) is 5.75 Å². The van der Waals surface area contributed by atoms with E-state index in [0.29, 0.717) is 17.6 Å². The van der Waals surface area contributed by atoms with Gasteiger partial charge in [-0.25, -0.2) is 4.79 Å². The van der Waals surface area contributed by atoms with E-state index in [4.69, 9.17) is 4.74 Å². The van der Waals surface area contributed by atoms with E-state index in [-0.39, 0.29) is 17.9 Å². The topological polar surface area (TPSA) is 66.8 Å². The lowest BCUT2D eigenvalue weighted by atomic mass is 9.82.